The molecule has 1 saturated heterocycles. The van der Waals surface area contributed by atoms with Crippen molar-refractivity contribution in [2.75, 3.05) is 33.9 Å². The Balaban J connectivity index is 0.00000400. The van der Waals surface area contributed by atoms with Gasteiger partial charge in [-0.1, -0.05) is 66.2 Å². The summed E-state index contributed by atoms with van der Waals surface area (Å²) in [7, 11) is 3.02. The predicted molar refractivity (Wildman–Crippen MR) is 136 cm³/mol. The number of carboxylic acid groups (broad SMARTS) is 1. The van der Waals surface area contributed by atoms with E-state index < -0.39 is 5.97 Å². The summed E-state index contributed by atoms with van der Waals surface area (Å²) < 4.78 is 10.5. The third kappa shape index (κ3) is 7.46. The Morgan fingerprint density at radius 1 is 1.16 bits per heavy atom. The number of rotatable bonds is 10. The van der Waals surface area contributed by atoms with Crippen molar-refractivity contribution in [1.82, 2.24) is 20.4 Å². The van der Waals surface area contributed by atoms with Gasteiger partial charge in [0.05, 0.1) is 19.8 Å². The topological polar surface area (TPSA) is 126 Å². The maximum absolute atomic E-state index is 13.1. The van der Waals surface area contributed by atoms with Crippen molar-refractivity contribution >= 4 is 28.9 Å². The smallest absolute Gasteiger partial charge is 0.570 e. The molecule has 0 radical (unpaired) electrons. The van der Waals surface area contributed by atoms with Gasteiger partial charge in [-0.3, -0.25) is 9.59 Å². The SMILES string of the molecule is COC(=[C-]NCC(=O)O)N=[C-]c1nnc(C(=O)N2CCC(OC)C2)cc1Cc1ccc2ccccc2c1.[W+2]. The number of hydrogen-bond donors (Lipinski definition) is 2. The number of amides is 1. The molecule has 2 heterocycles. The number of likely N-dealkylation sites (tertiary alicyclic amines) is 1. The molecule has 1 aromatic heterocycles. The molecule has 0 bridgehead atoms. The second kappa shape index (κ2) is 13.8. The summed E-state index contributed by atoms with van der Waals surface area (Å²) in [5, 5.41) is 21.9. The zero-order valence-corrected chi connectivity index (χ0v) is 23.9. The number of methoxy groups -OCH3 is 2. The van der Waals surface area contributed by atoms with Gasteiger partial charge < -0.3 is 36.0 Å². The van der Waals surface area contributed by atoms with Gasteiger partial charge in [-0.05, 0) is 29.3 Å². The summed E-state index contributed by atoms with van der Waals surface area (Å²) in [6, 6.07) is 15.9. The number of nitrogens with one attached hydrogen (secondary N) is 1. The fraction of sp³-hybridized carbons (Fsp3) is 0.296. The van der Waals surface area contributed by atoms with Crippen LogP contribution in [0.2, 0.25) is 0 Å². The molecular formula is C27H27N5O5W. The van der Waals surface area contributed by atoms with E-state index in [0.717, 1.165) is 22.8 Å². The van der Waals surface area contributed by atoms with Crippen molar-refractivity contribution in [2.24, 2.45) is 4.99 Å². The molecule has 2 aromatic carbocycles. The van der Waals surface area contributed by atoms with Crippen molar-refractivity contribution in [3.8, 4) is 0 Å². The average molecular weight is 685 g/mol. The number of carboxylic acids is 1. The zero-order chi connectivity index (χ0) is 26.2. The second-order valence-electron chi connectivity index (χ2n) is 8.46. The van der Waals surface area contributed by atoms with Crippen molar-refractivity contribution in [1.29, 1.82) is 0 Å². The Bertz CT molecular complexity index is 1350. The van der Waals surface area contributed by atoms with E-state index in [9.17, 15) is 9.59 Å². The van der Waals surface area contributed by atoms with Crippen LogP contribution in [0.5, 0.6) is 0 Å². The summed E-state index contributed by atoms with van der Waals surface area (Å²) in [5.41, 5.74) is 2.28. The molecule has 1 aliphatic heterocycles. The molecule has 0 aliphatic carbocycles. The number of carbonyl (C=O) groups is 2. The summed E-state index contributed by atoms with van der Waals surface area (Å²) in [4.78, 5) is 29.6. The quantitative estimate of drug-likeness (QED) is 0.144. The van der Waals surface area contributed by atoms with E-state index in [-0.39, 0.29) is 51.2 Å². The van der Waals surface area contributed by atoms with Crippen LogP contribution in [0.15, 0.2) is 59.4 Å². The molecule has 196 valence electrons. The monoisotopic (exact) mass is 685 g/mol. The first-order valence-corrected chi connectivity index (χ1v) is 11.7. The molecule has 0 saturated carbocycles. The van der Waals surface area contributed by atoms with Crippen LogP contribution in [0.1, 0.15) is 33.7 Å². The Kier molecular flexibility index (Phi) is 10.5. The largest absolute Gasteiger partial charge is 2.00 e. The minimum Gasteiger partial charge on any atom is -0.570 e. The molecule has 4 rings (SSSR count). The van der Waals surface area contributed by atoms with Crippen LogP contribution in [0.3, 0.4) is 0 Å². The van der Waals surface area contributed by atoms with Gasteiger partial charge in [-0.25, -0.2) is 0 Å². The van der Waals surface area contributed by atoms with Gasteiger partial charge >= 0.3 is 27.0 Å². The van der Waals surface area contributed by atoms with Crippen LogP contribution < -0.4 is 5.32 Å². The summed E-state index contributed by atoms with van der Waals surface area (Å²) in [6.07, 6.45) is 6.61. The van der Waals surface area contributed by atoms with Crippen LogP contribution in [0.4, 0.5) is 0 Å². The number of carbonyl (C=O) groups excluding carboxylic acids is 1. The summed E-state index contributed by atoms with van der Waals surface area (Å²) in [6.45, 7) is 0.760. The number of ether oxygens (including phenoxy) is 2. The molecule has 38 heavy (non-hydrogen) atoms. The molecule has 1 amide bonds. The zero-order valence-electron chi connectivity index (χ0n) is 21.0. The van der Waals surface area contributed by atoms with Crippen molar-refractivity contribution < 1.29 is 45.2 Å². The maximum Gasteiger partial charge on any atom is 2.00 e. The van der Waals surface area contributed by atoms with Crippen molar-refractivity contribution in [3.63, 3.8) is 0 Å². The van der Waals surface area contributed by atoms with Crippen LogP contribution >= 0.6 is 0 Å². The minimum absolute atomic E-state index is 0. The van der Waals surface area contributed by atoms with Crippen molar-refractivity contribution in [2.45, 2.75) is 18.9 Å². The fourth-order valence-corrected chi connectivity index (χ4v) is 4.02. The van der Waals surface area contributed by atoms with Crippen LogP contribution in [0.25, 0.3) is 10.8 Å². The first-order valence-electron chi connectivity index (χ1n) is 11.7. The van der Waals surface area contributed by atoms with E-state index in [4.69, 9.17) is 14.6 Å². The summed E-state index contributed by atoms with van der Waals surface area (Å²) in [5.74, 6) is -1.27. The molecule has 11 heteroatoms. The van der Waals surface area contributed by atoms with Gasteiger partial charge in [0.25, 0.3) is 5.91 Å². The van der Waals surface area contributed by atoms with Gasteiger partial charge in [-0.15, -0.1) is 10.7 Å². The van der Waals surface area contributed by atoms with E-state index in [1.54, 1.807) is 18.1 Å². The third-order valence-electron chi connectivity index (χ3n) is 5.96. The van der Waals surface area contributed by atoms with Crippen LogP contribution in [-0.4, -0.2) is 78.3 Å². The van der Waals surface area contributed by atoms with Crippen molar-refractivity contribution in [3.05, 3.63) is 83.1 Å². The fourth-order valence-electron chi connectivity index (χ4n) is 4.02. The van der Waals surface area contributed by atoms with Crippen LogP contribution in [0, 0.1) is 6.20 Å². The Hall–Kier alpha value is -3.62. The molecule has 10 nitrogen and oxygen atoms in total. The molecular weight excluding hydrogens is 658 g/mol. The maximum atomic E-state index is 13.1. The average Bonchev–Trinajstić information content (AvgIpc) is 3.40. The van der Waals surface area contributed by atoms with Crippen LogP contribution in [-0.2, 0) is 41.8 Å². The molecule has 1 unspecified atom stereocenters. The number of aromatic nitrogens is 2. The van der Waals surface area contributed by atoms with E-state index in [2.05, 4.69) is 39.0 Å². The first kappa shape index (κ1) is 28.9. The van der Waals surface area contributed by atoms with E-state index in [0.29, 0.717) is 30.8 Å². The Labute approximate surface area is 235 Å². The van der Waals surface area contributed by atoms with Gasteiger partial charge in [0.2, 0.25) is 0 Å². The van der Waals surface area contributed by atoms with Gasteiger partial charge in [-0.2, -0.15) is 5.10 Å². The summed E-state index contributed by atoms with van der Waals surface area (Å²) >= 11 is 0. The number of nitrogens with zero attached hydrogens (tertiary/aromatic N) is 4. The third-order valence-corrected chi connectivity index (χ3v) is 5.96. The van der Waals surface area contributed by atoms with Gasteiger partial charge in [0.15, 0.2) is 0 Å². The molecule has 0 spiro atoms. The molecule has 1 fully saturated rings. The number of fused-ring (bicyclic) bond motifs is 1. The second-order valence-corrected chi connectivity index (χ2v) is 8.46. The van der Waals surface area contributed by atoms with E-state index in [1.807, 2.05) is 36.4 Å². The first-order chi connectivity index (χ1) is 18.0. The van der Waals surface area contributed by atoms with Gasteiger partial charge in [0.1, 0.15) is 5.69 Å². The number of aliphatic imine (C=N–C) groups is 1. The molecule has 1 atom stereocenters. The molecule has 2 N–H and O–H groups in total. The number of benzene rings is 2. The Morgan fingerprint density at radius 3 is 2.66 bits per heavy atom. The number of hydrogen-bond acceptors (Lipinski definition) is 8. The van der Waals surface area contributed by atoms with Gasteiger partial charge in [0, 0.05) is 20.2 Å². The number of aliphatic carboxylic acids is 1. The molecule has 1 aliphatic rings. The van der Waals surface area contributed by atoms with E-state index in [1.165, 1.54) is 7.11 Å². The molecule has 3 aromatic rings. The van der Waals surface area contributed by atoms with E-state index >= 15 is 0 Å². The minimum atomic E-state index is -1.05. The Morgan fingerprint density at radius 2 is 1.95 bits per heavy atom. The standard InChI is InChI=1S/C27H27N5O5.W/c1-36-22-9-10-32(17-22)27(35)23-13-21(12-18-7-8-19-5-3-4-6-20(19)11-18)24(31-30-23)14-29-25(37-2)15-28-16-26(33)34;/h3-8,11,13,22,28H,9-10,12,16-17H2,1-2H3,(H,33,34);/q-2;+2. The predicted octanol–water partition coefficient (Wildman–Crippen LogP) is 2.30. The normalized spacial score (nSPS) is 15.5.